The van der Waals surface area contributed by atoms with Crippen LogP contribution in [0.4, 0.5) is 0 Å². The molecule has 3 atom stereocenters. The molecule has 2 heteroatoms. The zero-order valence-electron chi connectivity index (χ0n) is 8.50. The summed E-state index contributed by atoms with van der Waals surface area (Å²) in [5, 5.41) is 9.70. The van der Waals surface area contributed by atoms with Crippen molar-refractivity contribution in [1.82, 2.24) is 0 Å². The fraction of sp³-hybridized carbons (Fsp3) is 1.00. The second-order valence-electron chi connectivity index (χ2n) is 4.88. The molecule has 12 heavy (non-hydrogen) atoms. The lowest BCUT2D eigenvalue weighted by molar-refractivity contribution is -0.152. The number of aliphatic hydroxyl groups excluding tert-OH is 1. The normalized spacial score (nSPS) is 38.2. The maximum absolute atomic E-state index is 9.70. The Bertz CT molecular complexity index is 148. The number of rotatable bonds is 0. The van der Waals surface area contributed by atoms with Crippen LogP contribution in [0.2, 0.25) is 0 Å². The highest BCUT2D eigenvalue weighted by Crippen LogP contribution is 2.32. The first kappa shape index (κ1) is 10.0. The Morgan fingerprint density at radius 2 is 1.83 bits per heavy atom. The molecule has 0 aromatic rings. The van der Waals surface area contributed by atoms with Gasteiger partial charge in [0.2, 0.25) is 0 Å². The van der Waals surface area contributed by atoms with E-state index in [-0.39, 0.29) is 17.6 Å². The summed E-state index contributed by atoms with van der Waals surface area (Å²) in [5.74, 6) is 0. The number of hydrogen-bond acceptors (Lipinski definition) is 2. The molecule has 1 aliphatic heterocycles. The molecular formula is C10H20O2. The Morgan fingerprint density at radius 1 is 1.25 bits per heavy atom. The molecule has 0 unspecified atom stereocenters. The molecule has 0 aromatic carbocycles. The van der Waals surface area contributed by atoms with Crippen LogP contribution in [0.1, 0.15) is 40.5 Å². The van der Waals surface area contributed by atoms with E-state index in [1.165, 1.54) is 0 Å². The van der Waals surface area contributed by atoms with E-state index >= 15 is 0 Å². The molecule has 0 spiro atoms. The van der Waals surface area contributed by atoms with E-state index in [0.717, 1.165) is 12.8 Å². The molecule has 1 N–H and O–H groups in total. The van der Waals surface area contributed by atoms with Crippen molar-refractivity contribution in [1.29, 1.82) is 0 Å². The van der Waals surface area contributed by atoms with Gasteiger partial charge in [-0.15, -0.1) is 0 Å². The molecule has 0 saturated carbocycles. The van der Waals surface area contributed by atoms with E-state index in [2.05, 4.69) is 27.7 Å². The Kier molecular flexibility index (Phi) is 2.79. The molecule has 2 nitrogen and oxygen atoms in total. The van der Waals surface area contributed by atoms with Crippen molar-refractivity contribution in [3.63, 3.8) is 0 Å². The largest absolute Gasteiger partial charge is 0.390 e. The van der Waals surface area contributed by atoms with Crippen LogP contribution in [0.15, 0.2) is 0 Å². The predicted molar refractivity (Wildman–Crippen MR) is 49.0 cm³/mol. The quantitative estimate of drug-likeness (QED) is 0.605. The van der Waals surface area contributed by atoms with E-state index in [1.54, 1.807) is 0 Å². The first-order valence-electron chi connectivity index (χ1n) is 4.75. The average Bonchev–Trinajstić information content (AvgIpc) is 1.92. The third kappa shape index (κ3) is 2.20. The van der Waals surface area contributed by atoms with Crippen LogP contribution in [0.3, 0.4) is 0 Å². The van der Waals surface area contributed by atoms with Crippen LogP contribution >= 0.6 is 0 Å². The van der Waals surface area contributed by atoms with Crippen LogP contribution < -0.4 is 0 Å². The molecule has 0 aromatic heterocycles. The number of ether oxygens (including phenoxy) is 1. The third-order valence-corrected chi connectivity index (χ3v) is 2.45. The molecule has 0 bridgehead atoms. The van der Waals surface area contributed by atoms with E-state index in [9.17, 15) is 5.11 Å². The molecule has 1 fully saturated rings. The van der Waals surface area contributed by atoms with Gasteiger partial charge in [-0.2, -0.15) is 0 Å². The van der Waals surface area contributed by atoms with E-state index < -0.39 is 0 Å². The summed E-state index contributed by atoms with van der Waals surface area (Å²) >= 11 is 0. The van der Waals surface area contributed by atoms with Crippen molar-refractivity contribution in [2.45, 2.75) is 58.8 Å². The minimum Gasteiger partial charge on any atom is -0.390 e. The molecule has 1 rings (SSSR count). The SMILES string of the molecule is C[C@@H]1CC[C@@H](O)[C@H](C(C)(C)C)O1. The van der Waals surface area contributed by atoms with Crippen LogP contribution in [0, 0.1) is 5.41 Å². The Hall–Kier alpha value is -0.0800. The molecule has 0 amide bonds. The van der Waals surface area contributed by atoms with Crippen molar-refractivity contribution in [3.05, 3.63) is 0 Å². The van der Waals surface area contributed by atoms with Gasteiger partial charge in [0, 0.05) is 0 Å². The maximum atomic E-state index is 9.70. The van der Waals surface area contributed by atoms with Gasteiger partial charge in [0.1, 0.15) is 0 Å². The predicted octanol–water partition coefficient (Wildman–Crippen LogP) is 1.96. The lowest BCUT2D eigenvalue weighted by Gasteiger charge is -2.40. The lowest BCUT2D eigenvalue weighted by atomic mass is 9.82. The van der Waals surface area contributed by atoms with Crippen LogP contribution in [0.5, 0.6) is 0 Å². The molecule has 1 saturated heterocycles. The zero-order chi connectivity index (χ0) is 9.35. The summed E-state index contributed by atoms with van der Waals surface area (Å²) in [7, 11) is 0. The van der Waals surface area contributed by atoms with Crippen LogP contribution in [-0.4, -0.2) is 23.4 Å². The lowest BCUT2D eigenvalue weighted by Crippen LogP contribution is -2.45. The highest BCUT2D eigenvalue weighted by Gasteiger charge is 2.36. The van der Waals surface area contributed by atoms with Crippen LogP contribution in [0.25, 0.3) is 0 Å². The van der Waals surface area contributed by atoms with Gasteiger partial charge in [-0.1, -0.05) is 20.8 Å². The summed E-state index contributed by atoms with van der Waals surface area (Å²) < 4.78 is 5.71. The van der Waals surface area contributed by atoms with Gasteiger partial charge < -0.3 is 9.84 Å². The van der Waals surface area contributed by atoms with Gasteiger partial charge >= 0.3 is 0 Å². The zero-order valence-corrected chi connectivity index (χ0v) is 8.50. The summed E-state index contributed by atoms with van der Waals surface area (Å²) in [6.07, 6.45) is 1.89. The standard InChI is InChI=1S/C10H20O2/c1-7-5-6-8(11)9(12-7)10(2,3)4/h7-9,11H,5-6H2,1-4H3/t7-,8-,9-/m1/s1. The van der Waals surface area contributed by atoms with Crippen molar-refractivity contribution in [2.75, 3.05) is 0 Å². The van der Waals surface area contributed by atoms with Crippen molar-refractivity contribution in [2.24, 2.45) is 5.41 Å². The summed E-state index contributed by atoms with van der Waals surface area (Å²) in [5.41, 5.74) is 0.0497. The minimum atomic E-state index is -0.277. The second-order valence-corrected chi connectivity index (χ2v) is 4.88. The summed E-state index contributed by atoms with van der Waals surface area (Å²) in [6, 6.07) is 0. The minimum absolute atomic E-state index is 0.00116. The average molecular weight is 172 g/mol. The topological polar surface area (TPSA) is 29.5 Å². The summed E-state index contributed by atoms with van der Waals surface area (Å²) in [4.78, 5) is 0. The summed E-state index contributed by atoms with van der Waals surface area (Å²) in [6.45, 7) is 8.40. The maximum Gasteiger partial charge on any atom is 0.0885 e. The van der Waals surface area contributed by atoms with Gasteiger partial charge in [0.05, 0.1) is 18.3 Å². The second kappa shape index (κ2) is 3.35. The highest BCUT2D eigenvalue weighted by atomic mass is 16.5. The molecule has 1 aliphatic rings. The van der Waals surface area contributed by atoms with Crippen molar-refractivity contribution in [3.8, 4) is 0 Å². The molecule has 0 aliphatic carbocycles. The van der Waals surface area contributed by atoms with Gasteiger partial charge in [-0.25, -0.2) is 0 Å². The van der Waals surface area contributed by atoms with Gasteiger partial charge in [0.25, 0.3) is 0 Å². The Morgan fingerprint density at radius 3 is 2.25 bits per heavy atom. The molecule has 0 radical (unpaired) electrons. The van der Waals surface area contributed by atoms with E-state index in [1.807, 2.05) is 0 Å². The number of hydrogen-bond donors (Lipinski definition) is 1. The Balaban J connectivity index is 2.61. The monoisotopic (exact) mass is 172 g/mol. The first-order chi connectivity index (χ1) is 5.41. The van der Waals surface area contributed by atoms with Gasteiger partial charge in [-0.05, 0) is 25.2 Å². The fourth-order valence-corrected chi connectivity index (χ4v) is 1.75. The third-order valence-electron chi connectivity index (χ3n) is 2.45. The van der Waals surface area contributed by atoms with E-state index in [4.69, 9.17) is 4.74 Å². The van der Waals surface area contributed by atoms with Crippen molar-refractivity contribution < 1.29 is 9.84 Å². The first-order valence-corrected chi connectivity index (χ1v) is 4.75. The van der Waals surface area contributed by atoms with Gasteiger partial charge in [-0.3, -0.25) is 0 Å². The molecule has 72 valence electrons. The van der Waals surface area contributed by atoms with Gasteiger partial charge in [0.15, 0.2) is 0 Å². The van der Waals surface area contributed by atoms with E-state index in [0.29, 0.717) is 6.10 Å². The van der Waals surface area contributed by atoms with Crippen LogP contribution in [-0.2, 0) is 4.74 Å². The fourth-order valence-electron chi connectivity index (χ4n) is 1.75. The Labute approximate surface area is 74.9 Å². The number of aliphatic hydroxyl groups is 1. The van der Waals surface area contributed by atoms with Crippen molar-refractivity contribution >= 4 is 0 Å². The highest BCUT2D eigenvalue weighted by molar-refractivity contribution is 4.85. The smallest absolute Gasteiger partial charge is 0.0885 e. The molecular weight excluding hydrogens is 152 g/mol. The molecule has 1 heterocycles.